The summed E-state index contributed by atoms with van der Waals surface area (Å²) in [7, 11) is -0.568. The van der Waals surface area contributed by atoms with Gasteiger partial charge in [-0.3, -0.25) is 0 Å². The van der Waals surface area contributed by atoms with Crippen molar-refractivity contribution in [1.29, 1.82) is 0 Å². The van der Waals surface area contributed by atoms with Crippen molar-refractivity contribution in [1.82, 2.24) is 4.57 Å². The third-order valence-corrected chi connectivity index (χ3v) is 12.0. The van der Waals surface area contributed by atoms with Gasteiger partial charge in [0.25, 0.3) is 0 Å². The second-order valence-electron chi connectivity index (χ2n) is 16.0. The predicted octanol–water partition coefficient (Wildman–Crippen LogP) is 13.0. The third kappa shape index (κ3) is 5.94. The summed E-state index contributed by atoms with van der Waals surface area (Å²) in [5.41, 5.74) is 11.0. The van der Waals surface area contributed by atoms with Crippen molar-refractivity contribution in [2.75, 3.05) is 4.90 Å². The smallest absolute Gasteiger partial charge is 0.399 e. The number of fused-ring (bicyclic) bond motifs is 4. The highest BCUT2D eigenvalue weighted by atomic mass is 16.7. The maximum atomic E-state index is 6.81. The summed E-state index contributed by atoms with van der Waals surface area (Å²) in [6, 6.07) is 67.7. The largest absolute Gasteiger partial charge is 0.494 e. The SMILES string of the molecule is CC1(C)OB(c2cc(-c3cccc4ccccc34)cc(N(c3ccccc3-c3ccccc3)c3cccc4c5ccccc5n(-c5ccccc5)c34)c2)OC1(C)C. The van der Waals surface area contributed by atoms with Crippen LogP contribution in [0.4, 0.5) is 17.1 Å². The van der Waals surface area contributed by atoms with Gasteiger partial charge in [-0.1, -0.05) is 146 Å². The normalized spacial score (nSPS) is 14.8. The summed E-state index contributed by atoms with van der Waals surface area (Å²) in [5, 5.41) is 4.78. The van der Waals surface area contributed by atoms with Gasteiger partial charge in [0.1, 0.15) is 0 Å². The van der Waals surface area contributed by atoms with E-state index in [9.17, 15) is 0 Å². The van der Waals surface area contributed by atoms with E-state index in [1.807, 2.05) is 0 Å². The minimum absolute atomic E-state index is 0.505. The lowest BCUT2D eigenvalue weighted by molar-refractivity contribution is 0.00578. The van der Waals surface area contributed by atoms with Crippen molar-refractivity contribution in [3.8, 4) is 27.9 Å². The van der Waals surface area contributed by atoms with E-state index >= 15 is 0 Å². The van der Waals surface area contributed by atoms with Crippen LogP contribution >= 0.6 is 0 Å². The average molecular weight is 739 g/mol. The van der Waals surface area contributed by atoms with Crippen LogP contribution in [-0.2, 0) is 9.31 Å². The van der Waals surface area contributed by atoms with Crippen LogP contribution in [0, 0.1) is 0 Å². The molecule has 0 amide bonds. The lowest BCUT2D eigenvalue weighted by Gasteiger charge is -2.32. The van der Waals surface area contributed by atoms with Gasteiger partial charge in [-0.15, -0.1) is 0 Å². The molecule has 2 heterocycles. The summed E-state index contributed by atoms with van der Waals surface area (Å²) in [4.78, 5) is 2.45. The number of rotatable bonds is 7. The van der Waals surface area contributed by atoms with Crippen LogP contribution in [0.1, 0.15) is 27.7 Å². The van der Waals surface area contributed by atoms with E-state index in [1.54, 1.807) is 0 Å². The van der Waals surface area contributed by atoms with Crippen molar-refractivity contribution >= 4 is 62.2 Å². The number of anilines is 3. The molecule has 1 saturated heterocycles. The van der Waals surface area contributed by atoms with E-state index in [0.29, 0.717) is 0 Å². The summed E-state index contributed by atoms with van der Waals surface area (Å²) in [6.45, 7) is 8.48. The lowest BCUT2D eigenvalue weighted by atomic mass is 9.77. The van der Waals surface area contributed by atoms with Gasteiger partial charge in [-0.25, -0.2) is 0 Å². The number of aromatic nitrogens is 1. The monoisotopic (exact) mass is 738 g/mol. The molecule has 0 unspecified atom stereocenters. The van der Waals surface area contributed by atoms with Gasteiger partial charge < -0.3 is 18.8 Å². The summed E-state index contributed by atoms with van der Waals surface area (Å²) < 4.78 is 16.0. The maximum absolute atomic E-state index is 6.81. The van der Waals surface area contributed by atoms with E-state index in [2.05, 4.69) is 225 Å². The molecule has 1 aliphatic rings. The molecule has 1 aliphatic heterocycles. The molecule has 0 N–H and O–H groups in total. The standard InChI is InChI=1S/C52H43BN2O2/c1-51(2)52(3,4)57-53(56-51)39-33-38(43-28-17-22-36-21-11-12-25-42(36)43)34-41(35-39)54(47-30-15-13-26-44(47)37-19-7-5-8-20-37)49-32-18-29-46-45-27-14-16-31-48(45)55(50(46)49)40-23-9-6-10-24-40/h5-35H,1-4H3. The minimum Gasteiger partial charge on any atom is -0.399 e. The fourth-order valence-corrected chi connectivity index (χ4v) is 8.48. The van der Waals surface area contributed by atoms with E-state index in [-0.39, 0.29) is 0 Å². The molecule has 0 atom stereocenters. The van der Waals surface area contributed by atoms with Gasteiger partial charge in [0.2, 0.25) is 0 Å². The van der Waals surface area contributed by atoms with E-state index in [1.165, 1.54) is 21.5 Å². The van der Waals surface area contributed by atoms with Gasteiger partial charge in [0.15, 0.2) is 0 Å². The molecule has 4 nitrogen and oxygen atoms in total. The quantitative estimate of drug-likeness (QED) is 0.152. The van der Waals surface area contributed by atoms with Gasteiger partial charge in [0, 0.05) is 27.7 Å². The molecule has 10 rings (SSSR count). The Bertz CT molecular complexity index is 2910. The first-order valence-corrected chi connectivity index (χ1v) is 19.8. The van der Waals surface area contributed by atoms with Gasteiger partial charge >= 0.3 is 7.12 Å². The van der Waals surface area contributed by atoms with Crippen molar-refractivity contribution in [3.63, 3.8) is 0 Å². The Labute approximate surface area is 334 Å². The molecule has 5 heteroatoms. The zero-order valence-electron chi connectivity index (χ0n) is 32.7. The molecule has 57 heavy (non-hydrogen) atoms. The van der Waals surface area contributed by atoms with Crippen LogP contribution in [0.5, 0.6) is 0 Å². The number of benzene rings is 8. The Morgan fingerprint density at radius 2 is 1.05 bits per heavy atom. The third-order valence-electron chi connectivity index (χ3n) is 12.0. The Balaban J connectivity index is 1.32. The first-order chi connectivity index (χ1) is 27.8. The number of hydrogen-bond donors (Lipinski definition) is 0. The molecule has 276 valence electrons. The predicted molar refractivity (Wildman–Crippen MR) is 240 cm³/mol. The van der Waals surface area contributed by atoms with Crippen molar-refractivity contribution < 1.29 is 9.31 Å². The van der Waals surface area contributed by atoms with Gasteiger partial charge in [-0.05, 0) is 103 Å². The molecule has 0 spiro atoms. The highest BCUT2D eigenvalue weighted by molar-refractivity contribution is 6.62. The van der Waals surface area contributed by atoms with Gasteiger partial charge in [-0.2, -0.15) is 0 Å². The number of nitrogens with zero attached hydrogens (tertiary/aromatic N) is 2. The van der Waals surface area contributed by atoms with Crippen LogP contribution in [-0.4, -0.2) is 22.9 Å². The molecule has 0 aliphatic carbocycles. The lowest BCUT2D eigenvalue weighted by Crippen LogP contribution is -2.41. The van der Waals surface area contributed by atoms with E-state index < -0.39 is 18.3 Å². The second-order valence-corrected chi connectivity index (χ2v) is 16.0. The minimum atomic E-state index is -0.568. The van der Waals surface area contributed by atoms with Crippen molar-refractivity contribution in [3.05, 3.63) is 188 Å². The zero-order chi connectivity index (χ0) is 38.7. The zero-order valence-corrected chi connectivity index (χ0v) is 32.7. The van der Waals surface area contributed by atoms with Crippen LogP contribution in [0.3, 0.4) is 0 Å². The first-order valence-electron chi connectivity index (χ1n) is 19.8. The van der Waals surface area contributed by atoms with Crippen LogP contribution in [0.15, 0.2) is 188 Å². The molecular formula is C52H43BN2O2. The number of para-hydroxylation sites is 4. The molecule has 9 aromatic rings. The Morgan fingerprint density at radius 1 is 0.474 bits per heavy atom. The highest BCUT2D eigenvalue weighted by Crippen LogP contribution is 2.47. The van der Waals surface area contributed by atoms with E-state index in [4.69, 9.17) is 9.31 Å². The van der Waals surface area contributed by atoms with Crippen LogP contribution in [0.2, 0.25) is 0 Å². The summed E-state index contributed by atoms with van der Waals surface area (Å²) >= 11 is 0. The molecule has 8 aromatic carbocycles. The maximum Gasteiger partial charge on any atom is 0.494 e. The van der Waals surface area contributed by atoms with Crippen molar-refractivity contribution in [2.45, 2.75) is 38.9 Å². The van der Waals surface area contributed by atoms with Crippen LogP contribution in [0.25, 0.3) is 60.5 Å². The van der Waals surface area contributed by atoms with Crippen LogP contribution < -0.4 is 10.4 Å². The molecule has 0 bridgehead atoms. The molecular weight excluding hydrogens is 695 g/mol. The molecule has 0 radical (unpaired) electrons. The topological polar surface area (TPSA) is 26.6 Å². The number of hydrogen-bond acceptors (Lipinski definition) is 3. The fraction of sp³-hybridized carbons (Fsp3) is 0.115. The first kappa shape index (κ1) is 35.0. The Hall–Kier alpha value is -6.40. The van der Waals surface area contributed by atoms with Gasteiger partial charge in [0.05, 0.1) is 33.6 Å². The Kier molecular flexibility index (Phi) is 8.40. The summed E-state index contributed by atoms with van der Waals surface area (Å²) in [6.07, 6.45) is 0. The Morgan fingerprint density at radius 3 is 1.84 bits per heavy atom. The molecule has 0 saturated carbocycles. The summed E-state index contributed by atoms with van der Waals surface area (Å²) in [5.74, 6) is 0. The average Bonchev–Trinajstić information content (AvgIpc) is 3.70. The molecule has 1 aromatic heterocycles. The second kappa shape index (κ2) is 13.7. The van der Waals surface area contributed by atoms with Crippen molar-refractivity contribution in [2.24, 2.45) is 0 Å². The fourth-order valence-electron chi connectivity index (χ4n) is 8.48. The van der Waals surface area contributed by atoms with E-state index in [0.717, 1.165) is 61.5 Å². The highest BCUT2D eigenvalue weighted by Gasteiger charge is 2.52. The molecule has 1 fully saturated rings.